The van der Waals surface area contributed by atoms with Gasteiger partial charge < -0.3 is 20.3 Å². The summed E-state index contributed by atoms with van der Waals surface area (Å²) < 4.78 is 5.93. The van der Waals surface area contributed by atoms with Crippen LogP contribution >= 0.6 is 0 Å². The molecular formula is C26H29N5O3. The largest absolute Gasteiger partial charge is 0.457 e. The summed E-state index contributed by atoms with van der Waals surface area (Å²) in [4.78, 5) is 29.1. The number of carbonyl (C=O) groups excluding carboxylic acids is 2. The fraction of sp³-hybridized carbons (Fsp3) is 0.308. The number of fused-ring (bicyclic) bond motifs is 1. The fourth-order valence-electron chi connectivity index (χ4n) is 5.16. The number of ether oxygens (including phenoxy) is 1. The number of amides is 2. The maximum Gasteiger partial charge on any atom is 0.257 e. The van der Waals surface area contributed by atoms with Gasteiger partial charge in [0.05, 0.1) is 6.17 Å². The van der Waals surface area contributed by atoms with Crippen LogP contribution < -0.4 is 21.3 Å². The summed E-state index contributed by atoms with van der Waals surface area (Å²) in [5.41, 5.74) is 14.1. The molecule has 0 aliphatic carbocycles. The zero-order valence-corrected chi connectivity index (χ0v) is 18.9. The van der Waals surface area contributed by atoms with Crippen molar-refractivity contribution in [3.8, 4) is 11.5 Å². The molecule has 2 aromatic carbocycles. The van der Waals surface area contributed by atoms with E-state index in [9.17, 15) is 9.59 Å². The Morgan fingerprint density at radius 2 is 1.85 bits per heavy atom. The quantitative estimate of drug-likeness (QED) is 0.593. The number of para-hydroxylation sites is 1. The van der Waals surface area contributed by atoms with Crippen molar-refractivity contribution in [1.29, 1.82) is 0 Å². The highest BCUT2D eigenvalue weighted by Gasteiger charge is 2.49. The van der Waals surface area contributed by atoms with E-state index in [1.165, 1.54) is 6.08 Å². The van der Waals surface area contributed by atoms with Gasteiger partial charge >= 0.3 is 0 Å². The minimum absolute atomic E-state index is 0.0272. The molecule has 2 amide bonds. The van der Waals surface area contributed by atoms with Crippen molar-refractivity contribution in [2.45, 2.75) is 31.1 Å². The lowest BCUT2D eigenvalue weighted by atomic mass is 9.86. The zero-order chi connectivity index (χ0) is 23.7. The standard InChI is InChI=1S/C26H29N5O3/c1-2-22(32)30-14-6-7-18(15-30)31-16-21(23-24(31)26(33)29-28-25(23)27)17-10-12-20(13-11-17)34-19-8-4-3-5-9-19/h2-5,8-13,16,18,23-25,28H,1,6-7,14-15,27H2,(H,29,33)/t18-,23?,24?,25?/m1/s1. The highest BCUT2D eigenvalue weighted by Crippen LogP contribution is 2.40. The van der Waals surface area contributed by atoms with Gasteiger partial charge in [0.2, 0.25) is 5.91 Å². The van der Waals surface area contributed by atoms with Crippen molar-refractivity contribution in [3.05, 3.63) is 79.0 Å². The van der Waals surface area contributed by atoms with Gasteiger partial charge in [0.25, 0.3) is 5.91 Å². The van der Waals surface area contributed by atoms with Crippen molar-refractivity contribution in [1.82, 2.24) is 20.7 Å². The van der Waals surface area contributed by atoms with E-state index in [1.807, 2.05) is 54.6 Å². The van der Waals surface area contributed by atoms with Crippen LogP contribution in [0.5, 0.6) is 11.5 Å². The summed E-state index contributed by atoms with van der Waals surface area (Å²) in [5, 5.41) is 0. The van der Waals surface area contributed by atoms with Gasteiger partial charge in [-0.2, -0.15) is 0 Å². The Morgan fingerprint density at radius 3 is 2.59 bits per heavy atom. The second kappa shape index (κ2) is 9.32. The summed E-state index contributed by atoms with van der Waals surface area (Å²) in [6.45, 7) is 4.87. The highest BCUT2D eigenvalue weighted by molar-refractivity contribution is 5.89. The number of nitrogens with one attached hydrogen (secondary N) is 2. The van der Waals surface area contributed by atoms with Gasteiger partial charge in [0, 0.05) is 31.2 Å². The van der Waals surface area contributed by atoms with Gasteiger partial charge in [-0.1, -0.05) is 36.9 Å². The molecule has 2 fully saturated rings. The maximum absolute atomic E-state index is 13.0. The first kappa shape index (κ1) is 22.2. The number of hydrogen-bond acceptors (Lipinski definition) is 6. The molecule has 0 saturated carbocycles. The summed E-state index contributed by atoms with van der Waals surface area (Å²) in [6, 6.07) is 17.1. The van der Waals surface area contributed by atoms with Crippen LogP contribution in [-0.4, -0.2) is 53.0 Å². The fourth-order valence-corrected chi connectivity index (χ4v) is 5.16. The zero-order valence-electron chi connectivity index (χ0n) is 18.9. The lowest BCUT2D eigenvalue weighted by Gasteiger charge is -2.43. The van der Waals surface area contributed by atoms with Crippen molar-refractivity contribution in [2.24, 2.45) is 11.7 Å². The van der Waals surface area contributed by atoms with Gasteiger partial charge in [-0.15, -0.1) is 0 Å². The summed E-state index contributed by atoms with van der Waals surface area (Å²) in [5.74, 6) is 1.09. The van der Waals surface area contributed by atoms with Crippen molar-refractivity contribution < 1.29 is 14.3 Å². The van der Waals surface area contributed by atoms with E-state index in [1.54, 1.807) is 4.90 Å². The Labute approximate surface area is 199 Å². The molecule has 34 heavy (non-hydrogen) atoms. The molecule has 176 valence electrons. The second-order valence-electron chi connectivity index (χ2n) is 8.89. The number of carbonyl (C=O) groups is 2. The molecule has 2 aromatic rings. The topological polar surface area (TPSA) is 99.9 Å². The van der Waals surface area contributed by atoms with E-state index in [0.29, 0.717) is 13.1 Å². The highest BCUT2D eigenvalue weighted by atomic mass is 16.5. The lowest BCUT2D eigenvalue weighted by molar-refractivity contribution is -0.132. The molecule has 0 spiro atoms. The molecule has 8 heteroatoms. The third kappa shape index (κ3) is 4.18. The summed E-state index contributed by atoms with van der Waals surface area (Å²) in [7, 11) is 0. The SMILES string of the molecule is C=CC(=O)N1CCC[C@@H](N2C=C(c3ccc(Oc4ccccc4)cc3)C3C(N)NNC(=O)C32)C1. The Balaban J connectivity index is 1.43. The molecule has 3 aliphatic heterocycles. The van der Waals surface area contributed by atoms with E-state index >= 15 is 0 Å². The minimum Gasteiger partial charge on any atom is -0.457 e. The first-order valence-electron chi connectivity index (χ1n) is 11.6. The molecule has 3 aliphatic rings. The molecular weight excluding hydrogens is 430 g/mol. The molecule has 0 bridgehead atoms. The average molecular weight is 460 g/mol. The Morgan fingerprint density at radius 1 is 1.12 bits per heavy atom. The molecule has 4 atom stereocenters. The Hall–Kier alpha value is -3.62. The van der Waals surface area contributed by atoms with Gasteiger partial charge in [-0.3, -0.25) is 15.0 Å². The van der Waals surface area contributed by atoms with E-state index < -0.39 is 12.2 Å². The van der Waals surface area contributed by atoms with Crippen LogP contribution in [0.1, 0.15) is 18.4 Å². The molecule has 5 rings (SSSR count). The minimum atomic E-state index is -0.436. The van der Waals surface area contributed by atoms with Gasteiger partial charge in [0.15, 0.2) is 0 Å². The number of benzene rings is 2. The van der Waals surface area contributed by atoms with Crippen LogP contribution in [0, 0.1) is 5.92 Å². The number of hydrazine groups is 1. The van der Waals surface area contributed by atoms with Crippen LogP contribution in [-0.2, 0) is 9.59 Å². The number of hydrogen-bond donors (Lipinski definition) is 3. The smallest absolute Gasteiger partial charge is 0.257 e. The predicted molar refractivity (Wildman–Crippen MR) is 129 cm³/mol. The number of nitrogens with two attached hydrogens (primary N) is 1. The predicted octanol–water partition coefficient (Wildman–Crippen LogP) is 2.22. The molecule has 3 unspecified atom stereocenters. The van der Waals surface area contributed by atoms with Crippen molar-refractivity contribution in [3.63, 3.8) is 0 Å². The maximum atomic E-state index is 13.0. The van der Waals surface area contributed by atoms with Gasteiger partial charge in [-0.25, -0.2) is 5.43 Å². The molecule has 8 nitrogen and oxygen atoms in total. The third-order valence-corrected chi connectivity index (χ3v) is 6.80. The summed E-state index contributed by atoms with van der Waals surface area (Å²) >= 11 is 0. The normalized spacial score (nSPS) is 26.4. The number of likely N-dealkylation sites (tertiary alicyclic amines) is 1. The Kier molecular flexibility index (Phi) is 6.08. The first-order chi connectivity index (χ1) is 16.5. The van der Waals surface area contributed by atoms with Crippen LogP contribution in [0.4, 0.5) is 0 Å². The number of piperidine rings is 1. The number of rotatable bonds is 5. The first-order valence-corrected chi connectivity index (χ1v) is 11.6. The summed E-state index contributed by atoms with van der Waals surface area (Å²) in [6.07, 6.45) is 4.74. The van der Waals surface area contributed by atoms with Gasteiger partial charge in [-0.05, 0) is 54.3 Å². The van der Waals surface area contributed by atoms with Crippen molar-refractivity contribution in [2.75, 3.05) is 13.1 Å². The second-order valence-corrected chi connectivity index (χ2v) is 8.89. The molecule has 0 radical (unpaired) electrons. The van der Waals surface area contributed by atoms with Crippen LogP contribution in [0.2, 0.25) is 0 Å². The van der Waals surface area contributed by atoms with E-state index in [2.05, 4.69) is 28.5 Å². The lowest BCUT2D eigenvalue weighted by Crippen LogP contribution is -2.67. The number of nitrogens with zero attached hydrogens (tertiary/aromatic N) is 2. The molecule has 3 heterocycles. The average Bonchev–Trinajstić information content (AvgIpc) is 3.29. The molecule has 4 N–H and O–H groups in total. The van der Waals surface area contributed by atoms with Crippen LogP contribution in [0.15, 0.2) is 73.5 Å². The van der Waals surface area contributed by atoms with Gasteiger partial charge in [0.1, 0.15) is 17.5 Å². The van der Waals surface area contributed by atoms with Crippen molar-refractivity contribution >= 4 is 17.4 Å². The van der Waals surface area contributed by atoms with E-state index in [0.717, 1.165) is 35.5 Å². The Bertz CT molecular complexity index is 1100. The van der Waals surface area contributed by atoms with Crippen LogP contribution in [0.3, 0.4) is 0 Å². The van der Waals surface area contributed by atoms with E-state index in [-0.39, 0.29) is 23.8 Å². The molecule has 2 saturated heterocycles. The molecule has 0 aromatic heterocycles. The van der Waals surface area contributed by atoms with E-state index in [4.69, 9.17) is 10.5 Å². The monoisotopic (exact) mass is 459 g/mol. The third-order valence-electron chi connectivity index (χ3n) is 6.80. The van der Waals surface area contributed by atoms with Crippen LogP contribution in [0.25, 0.3) is 5.57 Å².